The highest BCUT2D eigenvalue weighted by atomic mass is 16.7. The third kappa shape index (κ3) is 2.51. The molecule has 0 unspecified atom stereocenters. The summed E-state index contributed by atoms with van der Waals surface area (Å²) in [4.78, 5) is 12.0. The van der Waals surface area contributed by atoms with Crippen molar-refractivity contribution in [2.45, 2.75) is 0 Å². The minimum atomic E-state index is -0.174. The lowest BCUT2D eigenvalue weighted by atomic mass is 10.1. The Hall–Kier alpha value is -2.69. The second-order valence-electron chi connectivity index (χ2n) is 4.28. The molecule has 1 N–H and O–H groups in total. The molecular weight excluding hydrogens is 260 g/mol. The normalized spacial score (nSPS) is 12.2. The molecule has 1 aliphatic rings. The maximum absolute atomic E-state index is 12.0. The molecule has 102 valence electrons. The van der Waals surface area contributed by atoms with Crippen LogP contribution in [0.5, 0.6) is 23.0 Å². The third-order valence-electron chi connectivity index (χ3n) is 2.88. The van der Waals surface area contributed by atoms with Crippen LogP contribution in [0, 0.1) is 0 Å². The lowest BCUT2D eigenvalue weighted by Gasteiger charge is -2.06. The Morgan fingerprint density at radius 1 is 1.15 bits per heavy atom. The molecule has 20 heavy (non-hydrogen) atoms. The molecule has 0 spiro atoms. The maximum Gasteiger partial charge on any atom is 0.231 e. The first-order valence-electron chi connectivity index (χ1n) is 6.07. The third-order valence-corrected chi connectivity index (χ3v) is 2.88. The topological polar surface area (TPSA) is 65.0 Å². The molecule has 0 amide bonds. The van der Waals surface area contributed by atoms with Crippen molar-refractivity contribution in [2.24, 2.45) is 0 Å². The van der Waals surface area contributed by atoms with E-state index < -0.39 is 0 Å². The quantitative estimate of drug-likeness (QED) is 0.866. The fourth-order valence-electron chi connectivity index (χ4n) is 1.88. The highest BCUT2D eigenvalue weighted by Crippen LogP contribution is 2.32. The molecule has 1 aliphatic heterocycles. The van der Waals surface area contributed by atoms with Gasteiger partial charge < -0.3 is 19.3 Å². The van der Waals surface area contributed by atoms with Crippen LogP contribution in [0.25, 0.3) is 0 Å². The molecule has 0 atom stereocenters. The average Bonchev–Trinajstić information content (AvgIpc) is 2.92. The van der Waals surface area contributed by atoms with E-state index in [4.69, 9.17) is 14.2 Å². The van der Waals surface area contributed by atoms with Gasteiger partial charge in [-0.25, -0.2) is 0 Å². The van der Waals surface area contributed by atoms with Crippen LogP contribution in [0.4, 0.5) is 0 Å². The fourth-order valence-corrected chi connectivity index (χ4v) is 1.88. The number of ether oxygens (including phenoxy) is 3. The number of fused-ring (bicyclic) bond motifs is 1. The number of hydrogen-bond acceptors (Lipinski definition) is 5. The summed E-state index contributed by atoms with van der Waals surface area (Å²) in [6, 6.07) is 11.3. The van der Waals surface area contributed by atoms with Crippen LogP contribution in [-0.2, 0) is 0 Å². The number of carbonyl (C=O) groups is 1. The second kappa shape index (κ2) is 5.13. The van der Waals surface area contributed by atoms with Gasteiger partial charge in [-0.3, -0.25) is 4.79 Å². The molecule has 2 aromatic rings. The maximum atomic E-state index is 12.0. The van der Waals surface area contributed by atoms with Crippen molar-refractivity contribution >= 4 is 5.78 Å². The summed E-state index contributed by atoms with van der Waals surface area (Å²) >= 11 is 0. The fraction of sp³-hybridized carbons (Fsp3) is 0.133. The zero-order chi connectivity index (χ0) is 13.9. The molecule has 0 saturated heterocycles. The number of benzene rings is 2. The lowest BCUT2D eigenvalue weighted by Crippen LogP contribution is -2.11. The first-order chi connectivity index (χ1) is 9.72. The zero-order valence-electron chi connectivity index (χ0n) is 10.5. The molecule has 3 rings (SSSR count). The van der Waals surface area contributed by atoms with Gasteiger partial charge in [-0.15, -0.1) is 0 Å². The number of carbonyl (C=O) groups excluding carboxylic acids is 1. The van der Waals surface area contributed by atoms with E-state index in [1.165, 1.54) is 12.1 Å². The highest BCUT2D eigenvalue weighted by Gasteiger charge is 2.16. The Labute approximate surface area is 115 Å². The second-order valence-corrected chi connectivity index (χ2v) is 4.28. The molecule has 5 heteroatoms. The van der Waals surface area contributed by atoms with Crippen molar-refractivity contribution in [1.82, 2.24) is 0 Å². The molecule has 0 bridgehead atoms. The van der Waals surface area contributed by atoms with E-state index in [1.807, 2.05) is 0 Å². The van der Waals surface area contributed by atoms with Gasteiger partial charge in [0.1, 0.15) is 11.5 Å². The molecule has 0 aromatic heterocycles. The van der Waals surface area contributed by atoms with E-state index >= 15 is 0 Å². The minimum absolute atomic E-state index is 0.0954. The summed E-state index contributed by atoms with van der Waals surface area (Å²) in [5.74, 6) is 1.56. The van der Waals surface area contributed by atoms with Gasteiger partial charge in [0.25, 0.3) is 0 Å². The van der Waals surface area contributed by atoms with Crippen LogP contribution < -0.4 is 14.2 Å². The van der Waals surface area contributed by atoms with Gasteiger partial charge in [-0.2, -0.15) is 0 Å². The number of ketones is 1. The van der Waals surface area contributed by atoms with Crippen molar-refractivity contribution < 1.29 is 24.1 Å². The van der Waals surface area contributed by atoms with Crippen LogP contribution in [0.3, 0.4) is 0 Å². The van der Waals surface area contributed by atoms with Gasteiger partial charge >= 0.3 is 0 Å². The molecule has 0 fully saturated rings. The minimum Gasteiger partial charge on any atom is -0.508 e. The van der Waals surface area contributed by atoms with Gasteiger partial charge in [0.05, 0.1) is 0 Å². The molecular formula is C15H12O5. The predicted molar refractivity (Wildman–Crippen MR) is 70.5 cm³/mol. The van der Waals surface area contributed by atoms with Crippen LogP contribution in [-0.4, -0.2) is 24.3 Å². The van der Waals surface area contributed by atoms with E-state index in [9.17, 15) is 9.90 Å². The average molecular weight is 272 g/mol. The van der Waals surface area contributed by atoms with E-state index in [1.54, 1.807) is 30.3 Å². The lowest BCUT2D eigenvalue weighted by molar-refractivity contribution is 0.0921. The number of Topliss-reactive ketones (excluding diaryl/α,β-unsaturated/α-hetero) is 1. The Bertz CT molecular complexity index is 650. The molecule has 0 saturated carbocycles. The number of phenols is 1. The predicted octanol–water partition coefficient (Wildman–Crippen LogP) is 2.38. The number of phenolic OH excluding ortho intramolecular Hbond substituents is 1. The van der Waals surface area contributed by atoms with Crippen molar-refractivity contribution in [3.05, 3.63) is 48.0 Å². The smallest absolute Gasteiger partial charge is 0.231 e. The summed E-state index contributed by atoms with van der Waals surface area (Å²) in [7, 11) is 0. The van der Waals surface area contributed by atoms with Gasteiger partial charge in [0.15, 0.2) is 23.9 Å². The largest absolute Gasteiger partial charge is 0.508 e. The van der Waals surface area contributed by atoms with E-state index in [-0.39, 0.29) is 24.9 Å². The zero-order valence-corrected chi connectivity index (χ0v) is 10.5. The summed E-state index contributed by atoms with van der Waals surface area (Å²) in [5, 5.41) is 9.31. The summed E-state index contributed by atoms with van der Waals surface area (Å²) in [6.07, 6.45) is 0. The molecule has 0 aliphatic carbocycles. The van der Waals surface area contributed by atoms with Gasteiger partial charge in [0.2, 0.25) is 6.79 Å². The Balaban J connectivity index is 1.67. The standard InChI is InChI=1S/C15H12O5/c16-11-2-1-3-12(7-11)18-8-13(17)10-4-5-14-15(6-10)20-9-19-14/h1-7,16H,8-9H2. The van der Waals surface area contributed by atoms with E-state index in [2.05, 4.69) is 0 Å². The van der Waals surface area contributed by atoms with Crippen LogP contribution in [0.15, 0.2) is 42.5 Å². The SMILES string of the molecule is O=C(COc1cccc(O)c1)c1ccc2c(c1)OCO2. The van der Waals surface area contributed by atoms with Crippen LogP contribution in [0.1, 0.15) is 10.4 Å². The summed E-state index contributed by atoms with van der Waals surface area (Å²) in [6.45, 7) is 0.0653. The Kier molecular flexibility index (Phi) is 3.16. The van der Waals surface area contributed by atoms with E-state index in [0.29, 0.717) is 22.8 Å². The summed E-state index contributed by atoms with van der Waals surface area (Å²) in [5.41, 5.74) is 0.495. The summed E-state index contributed by atoms with van der Waals surface area (Å²) < 4.78 is 15.7. The van der Waals surface area contributed by atoms with Crippen molar-refractivity contribution in [1.29, 1.82) is 0 Å². The molecule has 2 aromatic carbocycles. The van der Waals surface area contributed by atoms with Crippen molar-refractivity contribution in [3.8, 4) is 23.0 Å². The Morgan fingerprint density at radius 3 is 2.85 bits per heavy atom. The number of hydrogen-bond donors (Lipinski definition) is 1. The van der Waals surface area contributed by atoms with Gasteiger partial charge in [-0.05, 0) is 30.3 Å². The van der Waals surface area contributed by atoms with E-state index in [0.717, 1.165) is 0 Å². The van der Waals surface area contributed by atoms with Crippen molar-refractivity contribution in [2.75, 3.05) is 13.4 Å². The van der Waals surface area contributed by atoms with Crippen molar-refractivity contribution in [3.63, 3.8) is 0 Å². The molecule has 1 heterocycles. The van der Waals surface area contributed by atoms with Crippen LogP contribution >= 0.6 is 0 Å². The van der Waals surface area contributed by atoms with Crippen LogP contribution in [0.2, 0.25) is 0 Å². The number of aromatic hydroxyl groups is 1. The first kappa shape index (κ1) is 12.3. The van der Waals surface area contributed by atoms with Gasteiger partial charge in [-0.1, -0.05) is 6.07 Å². The monoisotopic (exact) mass is 272 g/mol. The first-order valence-corrected chi connectivity index (χ1v) is 6.07. The molecule has 5 nitrogen and oxygen atoms in total. The Morgan fingerprint density at radius 2 is 2.00 bits per heavy atom. The highest BCUT2D eigenvalue weighted by molar-refractivity contribution is 5.97. The number of rotatable bonds is 4. The van der Waals surface area contributed by atoms with Gasteiger partial charge in [0, 0.05) is 11.6 Å². The molecule has 0 radical (unpaired) electrons.